The van der Waals surface area contributed by atoms with E-state index in [1.807, 2.05) is 0 Å². The lowest BCUT2D eigenvalue weighted by atomic mass is 10.3. The van der Waals surface area contributed by atoms with E-state index in [2.05, 4.69) is 22.4 Å². The summed E-state index contributed by atoms with van der Waals surface area (Å²) in [6, 6.07) is 5.02. The third-order valence-corrected chi connectivity index (χ3v) is 4.40. The minimum atomic E-state index is -3.30. The number of piperazine rings is 1. The van der Waals surface area contributed by atoms with E-state index in [9.17, 15) is 8.42 Å². The first-order valence-corrected chi connectivity index (χ1v) is 8.06. The number of nitrogens with zero attached hydrogens (tertiary/aromatic N) is 2. The zero-order valence-electron chi connectivity index (χ0n) is 11.3. The van der Waals surface area contributed by atoms with Crippen LogP contribution in [0.25, 0.3) is 0 Å². The van der Waals surface area contributed by atoms with Crippen LogP contribution in [0.3, 0.4) is 0 Å². The van der Waals surface area contributed by atoms with Crippen molar-refractivity contribution >= 4 is 21.2 Å². The molecule has 0 spiro atoms. The second-order valence-corrected chi connectivity index (χ2v) is 6.88. The second kappa shape index (κ2) is 5.36. The normalized spacial score (nSPS) is 18.4. The number of hydrogen-bond donors (Lipinski definition) is 2. The Morgan fingerprint density at radius 2 is 1.84 bits per heavy atom. The van der Waals surface area contributed by atoms with Crippen LogP contribution >= 0.6 is 0 Å². The summed E-state index contributed by atoms with van der Waals surface area (Å²) in [5.74, 6) is 0. The van der Waals surface area contributed by atoms with Gasteiger partial charge in [-0.15, -0.1) is 0 Å². The Balaban J connectivity index is 2.17. The molecule has 1 aromatic carbocycles. The van der Waals surface area contributed by atoms with Gasteiger partial charge in [-0.05, 0) is 19.2 Å². The molecule has 1 saturated heterocycles. The molecule has 3 N–H and O–H groups in total. The van der Waals surface area contributed by atoms with Crippen LogP contribution in [0.4, 0.5) is 11.4 Å². The van der Waals surface area contributed by atoms with Crippen molar-refractivity contribution in [2.75, 3.05) is 50.6 Å². The number of rotatable bonds is 3. The van der Waals surface area contributed by atoms with E-state index in [0.29, 0.717) is 5.69 Å². The summed E-state index contributed by atoms with van der Waals surface area (Å²) in [7, 11) is -1.22. The molecule has 6 nitrogen and oxygen atoms in total. The lowest BCUT2D eigenvalue weighted by Crippen LogP contribution is -2.47. The van der Waals surface area contributed by atoms with Crippen LogP contribution in [0.15, 0.2) is 23.1 Å². The maximum atomic E-state index is 11.6. The molecule has 0 radical (unpaired) electrons. The smallest absolute Gasteiger partial charge is 0.177 e. The third-order valence-electron chi connectivity index (χ3n) is 3.25. The second-order valence-electron chi connectivity index (χ2n) is 4.89. The van der Waals surface area contributed by atoms with Crippen molar-refractivity contribution in [2.24, 2.45) is 0 Å². The van der Waals surface area contributed by atoms with Gasteiger partial charge in [-0.2, -0.15) is 0 Å². The third kappa shape index (κ3) is 3.37. The molecule has 7 heteroatoms. The molecule has 0 unspecified atom stereocenters. The Kier molecular flexibility index (Phi) is 3.98. The van der Waals surface area contributed by atoms with E-state index in [1.165, 1.54) is 12.3 Å². The topological polar surface area (TPSA) is 78.7 Å². The van der Waals surface area contributed by atoms with Gasteiger partial charge < -0.3 is 16.1 Å². The molecule has 1 aliphatic heterocycles. The van der Waals surface area contributed by atoms with E-state index in [-0.39, 0.29) is 10.6 Å². The highest BCUT2D eigenvalue weighted by Crippen LogP contribution is 2.27. The maximum absolute atomic E-state index is 11.6. The lowest BCUT2D eigenvalue weighted by Gasteiger charge is -2.33. The number of hydrogen-bond acceptors (Lipinski definition) is 6. The molecular weight excluding hydrogens is 264 g/mol. The summed E-state index contributed by atoms with van der Waals surface area (Å²) >= 11 is 0. The average molecular weight is 284 g/mol. The first-order chi connectivity index (χ1) is 8.88. The number of sulfone groups is 1. The van der Waals surface area contributed by atoms with Gasteiger partial charge in [-0.3, -0.25) is 0 Å². The predicted octanol–water partition coefficient (Wildman–Crippen LogP) is 0.247. The van der Waals surface area contributed by atoms with Crippen molar-refractivity contribution < 1.29 is 8.42 Å². The number of nitrogens with two attached hydrogens (primary N) is 1. The monoisotopic (exact) mass is 284 g/mol. The summed E-state index contributed by atoms with van der Waals surface area (Å²) in [6.45, 7) is 3.69. The van der Waals surface area contributed by atoms with Gasteiger partial charge in [0.05, 0.1) is 16.3 Å². The van der Waals surface area contributed by atoms with Crippen molar-refractivity contribution in [1.29, 1.82) is 0 Å². The van der Waals surface area contributed by atoms with E-state index in [4.69, 9.17) is 5.73 Å². The Bertz CT molecular complexity index is 551. The Morgan fingerprint density at radius 1 is 1.21 bits per heavy atom. The zero-order chi connectivity index (χ0) is 14.0. The Labute approximate surface area is 114 Å². The highest BCUT2D eigenvalue weighted by atomic mass is 32.2. The quantitative estimate of drug-likeness (QED) is 0.775. The Hall–Kier alpha value is -1.31. The molecule has 2 rings (SSSR count). The van der Waals surface area contributed by atoms with Crippen molar-refractivity contribution in [2.45, 2.75) is 4.90 Å². The van der Waals surface area contributed by atoms with Crippen molar-refractivity contribution in [3.63, 3.8) is 0 Å². The highest BCUT2D eigenvalue weighted by molar-refractivity contribution is 7.90. The fourth-order valence-electron chi connectivity index (χ4n) is 2.05. The molecule has 1 aliphatic rings. The van der Waals surface area contributed by atoms with Crippen LogP contribution in [-0.2, 0) is 9.84 Å². The SMILES string of the molecule is CN1CCN(Nc2cccc(S(C)(=O)=O)c2N)CC1. The van der Waals surface area contributed by atoms with Crippen LogP contribution in [0.5, 0.6) is 0 Å². The largest absolute Gasteiger partial charge is 0.396 e. The number of likely N-dealkylation sites (N-methyl/N-ethyl adjacent to an activating group) is 1. The summed E-state index contributed by atoms with van der Waals surface area (Å²) in [6.07, 6.45) is 1.17. The number of hydrazine groups is 1. The molecule has 0 aromatic heterocycles. The van der Waals surface area contributed by atoms with Crippen LogP contribution in [0.1, 0.15) is 0 Å². The number of nitrogens with one attached hydrogen (secondary N) is 1. The van der Waals surface area contributed by atoms with Gasteiger partial charge in [-0.25, -0.2) is 13.4 Å². The van der Waals surface area contributed by atoms with Gasteiger partial charge in [0.2, 0.25) is 0 Å². The summed E-state index contributed by atoms with van der Waals surface area (Å²) in [4.78, 5) is 2.42. The summed E-state index contributed by atoms with van der Waals surface area (Å²) in [5, 5.41) is 2.05. The molecule has 19 heavy (non-hydrogen) atoms. The summed E-state index contributed by atoms with van der Waals surface area (Å²) < 4.78 is 23.2. The van der Waals surface area contributed by atoms with Gasteiger partial charge in [-0.1, -0.05) is 6.07 Å². The predicted molar refractivity (Wildman–Crippen MR) is 76.7 cm³/mol. The van der Waals surface area contributed by atoms with E-state index >= 15 is 0 Å². The van der Waals surface area contributed by atoms with Gasteiger partial charge in [0.1, 0.15) is 0 Å². The van der Waals surface area contributed by atoms with E-state index < -0.39 is 9.84 Å². The van der Waals surface area contributed by atoms with Gasteiger partial charge in [0.15, 0.2) is 9.84 Å². The minimum absolute atomic E-state index is 0.173. The molecule has 0 aliphatic carbocycles. The molecule has 1 aromatic rings. The van der Waals surface area contributed by atoms with Gasteiger partial charge in [0, 0.05) is 32.4 Å². The molecule has 0 bridgehead atoms. The maximum Gasteiger partial charge on any atom is 0.177 e. The number of anilines is 2. The van der Waals surface area contributed by atoms with Crippen molar-refractivity contribution in [1.82, 2.24) is 9.91 Å². The lowest BCUT2D eigenvalue weighted by molar-refractivity contribution is 0.179. The first-order valence-electron chi connectivity index (χ1n) is 6.16. The van der Waals surface area contributed by atoms with Crippen LogP contribution in [-0.4, -0.2) is 57.8 Å². The van der Waals surface area contributed by atoms with Crippen LogP contribution in [0, 0.1) is 0 Å². The minimum Gasteiger partial charge on any atom is -0.396 e. The van der Waals surface area contributed by atoms with Crippen LogP contribution < -0.4 is 11.2 Å². The molecular formula is C12H20N4O2S. The fraction of sp³-hybridized carbons (Fsp3) is 0.500. The number of benzene rings is 1. The van der Waals surface area contributed by atoms with Gasteiger partial charge in [0.25, 0.3) is 0 Å². The average Bonchev–Trinajstić information content (AvgIpc) is 2.33. The Morgan fingerprint density at radius 3 is 2.42 bits per heavy atom. The van der Waals surface area contributed by atoms with Gasteiger partial charge >= 0.3 is 0 Å². The standard InChI is InChI=1S/C12H20N4O2S/c1-15-6-8-16(9-7-15)14-10-4-3-5-11(12(10)13)19(2,17)18/h3-5,14H,6-9,13H2,1-2H3. The highest BCUT2D eigenvalue weighted by Gasteiger charge is 2.17. The fourth-order valence-corrected chi connectivity index (χ4v) is 2.89. The summed E-state index contributed by atoms with van der Waals surface area (Å²) in [5.41, 5.74) is 10.1. The number of para-hydroxylation sites is 1. The molecule has 0 atom stereocenters. The first kappa shape index (κ1) is 14.1. The molecule has 1 fully saturated rings. The molecule has 0 amide bonds. The van der Waals surface area contributed by atoms with E-state index in [1.54, 1.807) is 12.1 Å². The van der Waals surface area contributed by atoms with Crippen molar-refractivity contribution in [3.05, 3.63) is 18.2 Å². The molecule has 0 saturated carbocycles. The molecule has 106 valence electrons. The van der Waals surface area contributed by atoms with Crippen molar-refractivity contribution in [3.8, 4) is 0 Å². The van der Waals surface area contributed by atoms with Crippen LogP contribution in [0.2, 0.25) is 0 Å². The molecule has 1 heterocycles. The zero-order valence-corrected chi connectivity index (χ0v) is 12.1. The van der Waals surface area contributed by atoms with E-state index in [0.717, 1.165) is 26.2 Å². The number of nitrogen functional groups attached to an aromatic ring is 1.